The predicted octanol–water partition coefficient (Wildman–Crippen LogP) is 4.57. The van der Waals surface area contributed by atoms with Gasteiger partial charge in [-0.3, -0.25) is 4.79 Å². The van der Waals surface area contributed by atoms with Crippen LogP contribution in [0.5, 0.6) is 0 Å². The van der Waals surface area contributed by atoms with Gasteiger partial charge in [-0.25, -0.2) is 9.97 Å². The van der Waals surface area contributed by atoms with E-state index in [2.05, 4.69) is 30.8 Å². The van der Waals surface area contributed by atoms with Crippen LogP contribution in [0, 0.1) is 6.92 Å². The zero-order valence-electron chi connectivity index (χ0n) is 20.9. The molecule has 36 heavy (non-hydrogen) atoms. The Morgan fingerprint density at radius 2 is 1.83 bits per heavy atom. The normalized spacial score (nSPS) is 14.3. The van der Waals surface area contributed by atoms with E-state index in [4.69, 9.17) is 11.6 Å². The van der Waals surface area contributed by atoms with Gasteiger partial charge in [0.15, 0.2) is 5.82 Å². The number of carbonyl (C=O) groups is 2. The minimum Gasteiger partial charge on any atom is -0.388 e. The molecule has 190 valence electrons. The average Bonchev–Trinajstić information content (AvgIpc) is 2.91. The van der Waals surface area contributed by atoms with Gasteiger partial charge in [-0.15, -0.1) is 0 Å². The molecule has 3 aromatic rings. The lowest BCUT2D eigenvalue weighted by molar-refractivity contribution is -0.114. The van der Waals surface area contributed by atoms with E-state index in [-0.39, 0.29) is 5.91 Å². The molecule has 8 nitrogen and oxygen atoms in total. The molecule has 0 aliphatic carbocycles. The van der Waals surface area contributed by atoms with Crippen molar-refractivity contribution < 1.29 is 9.59 Å². The van der Waals surface area contributed by atoms with E-state index in [1.54, 1.807) is 12.3 Å². The van der Waals surface area contributed by atoms with Gasteiger partial charge in [0.1, 0.15) is 18.3 Å². The highest BCUT2D eigenvalue weighted by molar-refractivity contribution is 6.30. The maximum absolute atomic E-state index is 12.7. The number of benzene rings is 2. The Balaban J connectivity index is 0.000000338. The van der Waals surface area contributed by atoms with Crippen molar-refractivity contribution >= 4 is 41.0 Å². The summed E-state index contributed by atoms with van der Waals surface area (Å²) >= 11 is 5.64. The van der Waals surface area contributed by atoms with Gasteiger partial charge in [-0.1, -0.05) is 36.7 Å². The number of nitrogens with one attached hydrogen (secondary N) is 3. The largest absolute Gasteiger partial charge is 0.388 e. The van der Waals surface area contributed by atoms with Crippen LogP contribution in [0.3, 0.4) is 0 Å². The number of piperidine rings is 1. The molecule has 1 aliphatic rings. The molecular formula is C27H33ClN6O2. The molecule has 0 unspecified atom stereocenters. The van der Waals surface area contributed by atoms with Crippen molar-refractivity contribution in [1.29, 1.82) is 0 Å². The number of amides is 1. The van der Waals surface area contributed by atoms with Crippen LogP contribution in [-0.2, 0) is 4.79 Å². The number of nitrogens with zero attached hydrogens (tertiary/aromatic N) is 3. The summed E-state index contributed by atoms with van der Waals surface area (Å²) < 4.78 is 0. The quantitative estimate of drug-likeness (QED) is 0.402. The standard InChI is InChI=1S/C20H25N5O2.C7H8ClN/c1-3-23-20(13-26)8-10-25(11-9-20)18-17(12-21-14-22-18)24-19(27)16-7-5-4-6-15(16)2;1-9-7-4-2-6(8)3-5-7/h4-7,12-14,23H,3,8-11H2,1-2H3,(H,24,27);2-5,9H,1H3. The maximum atomic E-state index is 12.7. The number of rotatable bonds is 7. The first kappa shape index (κ1) is 27.1. The molecule has 3 N–H and O–H groups in total. The van der Waals surface area contributed by atoms with Crippen molar-refractivity contribution in [1.82, 2.24) is 15.3 Å². The fraction of sp³-hybridized carbons (Fsp3) is 0.333. The van der Waals surface area contributed by atoms with E-state index >= 15 is 0 Å². The highest BCUT2D eigenvalue weighted by Crippen LogP contribution is 2.29. The number of aromatic nitrogens is 2. The smallest absolute Gasteiger partial charge is 0.256 e. The highest BCUT2D eigenvalue weighted by atomic mass is 35.5. The first-order chi connectivity index (χ1) is 17.4. The lowest BCUT2D eigenvalue weighted by atomic mass is 9.89. The Morgan fingerprint density at radius 3 is 2.44 bits per heavy atom. The van der Waals surface area contributed by atoms with Gasteiger partial charge in [0.2, 0.25) is 0 Å². The van der Waals surface area contributed by atoms with E-state index in [0.29, 0.717) is 43.0 Å². The van der Waals surface area contributed by atoms with Crippen LogP contribution in [0.1, 0.15) is 35.7 Å². The molecule has 0 spiro atoms. The van der Waals surface area contributed by atoms with E-state index < -0.39 is 5.54 Å². The van der Waals surface area contributed by atoms with Crippen molar-refractivity contribution in [3.05, 3.63) is 77.2 Å². The minimum absolute atomic E-state index is 0.184. The molecule has 1 aliphatic heterocycles. The molecule has 1 saturated heterocycles. The van der Waals surface area contributed by atoms with Gasteiger partial charge in [0.25, 0.3) is 5.91 Å². The summed E-state index contributed by atoms with van der Waals surface area (Å²) in [6, 6.07) is 15.0. The van der Waals surface area contributed by atoms with Crippen LogP contribution in [-0.4, -0.2) is 54.4 Å². The lowest BCUT2D eigenvalue weighted by Gasteiger charge is -2.39. The summed E-state index contributed by atoms with van der Waals surface area (Å²) in [7, 11) is 1.88. The number of halogens is 1. The molecule has 2 aromatic carbocycles. The fourth-order valence-electron chi connectivity index (χ4n) is 4.10. The Morgan fingerprint density at radius 1 is 1.14 bits per heavy atom. The van der Waals surface area contributed by atoms with Gasteiger partial charge < -0.3 is 25.6 Å². The number of aldehydes is 1. The second-order valence-electron chi connectivity index (χ2n) is 8.58. The molecule has 0 atom stereocenters. The van der Waals surface area contributed by atoms with Crippen LogP contribution in [0.25, 0.3) is 0 Å². The van der Waals surface area contributed by atoms with Gasteiger partial charge in [0, 0.05) is 36.4 Å². The first-order valence-electron chi connectivity index (χ1n) is 12.0. The zero-order chi connectivity index (χ0) is 26.0. The number of likely N-dealkylation sites (N-methyl/N-ethyl adjacent to an activating group) is 1. The molecule has 4 rings (SSSR count). The molecule has 1 amide bonds. The average molecular weight is 509 g/mol. The predicted molar refractivity (Wildman–Crippen MR) is 146 cm³/mol. The van der Waals surface area contributed by atoms with Gasteiger partial charge in [-0.2, -0.15) is 0 Å². The summed E-state index contributed by atoms with van der Waals surface area (Å²) in [4.78, 5) is 34.8. The summed E-state index contributed by atoms with van der Waals surface area (Å²) in [6.07, 6.45) is 5.50. The third kappa shape index (κ3) is 7.02. The van der Waals surface area contributed by atoms with Crippen molar-refractivity contribution in [3.8, 4) is 0 Å². The molecule has 9 heteroatoms. The second kappa shape index (κ2) is 13.0. The highest BCUT2D eigenvalue weighted by Gasteiger charge is 2.34. The van der Waals surface area contributed by atoms with E-state index in [0.717, 1.165) is 29.1 Å². The van der Waals surface area contributed by atoms with Crippen LogP contribution in [0.15, 0.2) is 61.1 Å². The molecule has 1 aromatic heterocycles. The van der Waals surface area contributed by atoms with Crippen molar-refractivity contribution in [2.24, 2.45) is 0 Å². The van der Waals surface area contributed by atoms with E-state index in [1.165, 1.54) is 6.33 Å². The fourth-order valence-corrected chi connectivity index (χ4v) is 4.23. The number of hydrogen-bond acceptors (Lipinski definition) is 7. The SMILES string of the molecule is CCNC1(C=O)CCN(c2ncncc2NC(=O)c2ccccc2C)CC1.CNc1ccc(Cl)cc1. The monoisotopic (exact) mass is 508 g/mol. The topological polar surface area (TPSA) is 99.2 Å². The number of carbonyl (C=O) groups excluding carboxylic acids is 2. The summed E-state index contributed by atoms with van der Waals surface area (Å²) in [5, 5.41) is 10.00. The van der Waals surface area contributed by atoms with Crippen molar-refractivity contribution in [3.63, 3.8) is 0 Å². The molecule has 0 radical (unpaired) electrons. The van der Waals surface area contributed by atoms with Gasteiger partial charge in [0.05, 0.1) is 11.7 Å². The number of anilines is 3. The molecule has 0 saturated carbocycles. The summed E-state index contributed by atoms with van der Waals surface area (Å²) in [5.41, 5.74) is 2.72. The third-order valence-electron chi connectivity index (χ3n) is 6.17. The van der Waals surface area contributed by atoms with Crippen LogP contribution < -0.4 is 20.9 Å². The van der Waals surface area contributed by atoms with Crippen molar-refractivity contribution in [2.45, 2.75) is 32.2 Å². The Labute approximate surface area is 217 Å². The third-order valence-corrected chi connectivity index (χ3v) is 6.42. The maximum Gasteiger partial charge on any atom is 0.256 e. The number of aryl methyl sites for hydroxylation is 1. The minimum atomic E-state index is -0.469. The van der Waals surface area contributed by atoms with Crippen LogP contribution in [0.4, 0.5) is 17.2 Å². The zero-order valence-corrected chi connectivity index (χ0v) is 21.7. The van der Waals surface area contributed by atoms with Crippen LogP contribution in [0.2, 0.25) is 5.02 Å². The Hall–Kier alpha value is -3.49. The second-order valence-corrected chi connectivity index (χ2v) is 9.01. The van der Waals surface area contributed by atoms with E-state index in [1.807, 2.05) is 63.4 Å². The number of hydrogen-bond donors (Lipinski definition) is 3. The Kier molecular flexibility index (Phi) is 9.78. The summed E-state index contributed by atoms with van der Waals surface area (Å²) in [5.74, 6) is 0.499. The summed E-state index contributed by atoms with van der Waals surface area (Å²) in [6.45, 7) is 6.01. The van der Waals surface area contributed by atoms with Crippen LogP contribution >= 0.6 is 11.6 Å². The first-order valence-corrected chi connectivity index (χ1v) is 12.4. The molecule has 0 bridgehead atoms. The van der Waals surface area contributed by atoms with Gasteiger partial charge in [-0.05, 0) is 62.2 Å². The van der Waals surface area contributed by atoms with Crippen molar-refractivity contribution in [2.75, 3.05) is 42.2 Å². The molecule has 2 heterocycles. The Bertz CT molecular complexity index is 1150. The molecule has 1 fully saturated rings. The van der Waals surface area contributed by atoms with Gasteiger partial charge >= 0.3 is 0 Å². The molecular weight excluding hydrogens is 476 g/mol. The lowest BCUT2D eigenvalue weighted by Crippen LogP contribution is -2.54. The van der Waals surface area contributed by atoms with E-state index in [9.17, 15) is 9.59 Å².